The number of benzene rings is 1. The van der Waals surface area contributed by atoms with Crippen molar-refractivity contribution in [1.82, 2.24) is 20.1 Å². The molecule has 1 atom stereocenters. The Morgan fingerprint density at radius 2 is 1.88 bits per heavy atom. The second kappa shape index (κ2) is 9.85. The van der Waals surface area contributed by atoms with Crippen molar-refractivity contribution in [3.05, 3.63) is 69.1 Å². The highest BCUT2D eigenvalue weighted by Crippen LogP contribution is 2.31. The molecule has 33 heavy (non-hydrogen) atoms. The van der Waals surface area contributed by atoms with Crippen LogP contribution in [-0.2, 0) is 6.18 Å². The average molecular weight is 612 g/mol. The molecule has 13 heteroatoms. The van der Waals surface area contributed by atoms with Gasteiger partial charge in [-0.25, -0.2) is 9.67 Å². The molecule has 2 heterocycles. The molecule has 1 aromatic carbocycles. The van der Waals surface area contributed by atoms with E-state index in [0.29, 0.717) is 16.3 Å². The summed E-state index contributed by atoms with van der Waals surface area (Å²) in [5.74, 6) is -1.64. The van der Waals surface area contributed by atoms with E-state index in [1.54, 1.807) is 13.8 Å². The standard InChI is InChI=1S/C20H15Cl2F3IN5O2/c1-9-6-11(21)7-12(18(32)28-10(2)26)16(9)29-19(33)14-8-15(20(23,24)25)30-31(14)17-13(22)4-3-5-27-17/h3-8,10H,1-2H3,(H,28,32)(H,29,33). The quantitative estimate of drug-likeness (QED) is 0.221. The van der Waals surface area contributed by atoms with Crippen LogP contribution in [0.3, 0.4) is 0 Å². The third-order valence-electron chi connectivity index (χ3n) is 4.29. The van der Waals surface area contributed by atoms with Crippen LogP contribution in [0.25, 0.3) is 5.82 Å². The summed E-state index contributed by atoms with van der Waals surface area (Å²) in [5.41, 5.74) is -1.22. The van der Waals surface area contributed by atoms with Gasteiger partial charge in [-0.1, -0.05) is 45.8 Å². The summed E-state index contributed by atoms with van der Waals surface area (Å²) < 4.78 is 40.5. The lowest BCUT2D eigenvalue weighted by Gasteiger charge is -2.16. The third-order valence-corrected chi connectivity index (χ3v) is 5.11. The maximum absolute atomic E-state index is 13.4. The van der Waals surface area contributed by atoms with Crippen LogP contribution >= 0.6 is 45.8 Å². The number of anilines is 1. The molecule has 3 rings (SSSR count). The molecular weight excluding hydrogens is 597 g/mol. The SMILES string of the molecule is Cc1cc(Cl)cc(C(=O)NC(C)I)c1NC(=O)c1cc(C(F)(F)F)nn1-c1ncccc1Cl. The van der Waals surface area contributed by atoms with Crippen molar-refractivity contribution in [1.29, 1.82) is 0 Å². The minimum Gasteiger partial charge on any atom is -0.341 e. The number of amides is 2. The zero-order valence-corrected chi connectivity index (χ0v) is 20.6. The minimum atomic E-state index is -4.82. The number of alkyl halides is 4. The van der Waals surface area contributed by atoms with Crippen molar-refractivity contribution in [3.8, 4) is 5.82 Å². The zero-order chi connectivity index (χ0) is 24.5. The first kappa shape index (κ1) is 25.2. The number of carbonyl (C=O) groups excluding carboxylic acids is 2. The number of aromatic nitrogens is 3. The molecule has 0 aliphatic carbocycles. The number of nitrogens with one attached hydrogen (secondary N) is 2. The summed E-state index contributed by atoms with van der Waals surface area (Å²) in [4.78, 5) is 29.7. The van der Waals surface area contributed by atoms with E-state index in [1.807, 2.05) is 22.6 Å². The van der Waals surface area contributed by atoms with Gasteiger partial charge in [0.2, 0.25) is 0 Å². The van der Waals surface area contributed by atoms with Gasteiger partial charge in [0.25, 0.3) is 11.8 Å². The molecule has 2 amide bonds. The van der Waals surface area contributed by atoms with E-state index in [-0.39, 0.29) is 31.2 Å². The van der Waals surface area contributed by atoms with Gasteiger partial charge < -0.3 is 10.6 Å². The Morgan fingerprint density at radius 3 is 2.48 bits per heavy atom. The molecule has 0 saturated carbocycles. The van der Waals surface area contributed by atoms with E-state index in [2.05, 4.69) is 20.7 Å². The fourth-order valence-electron chi connectivity index (χ4n) is 2.90. The molecule has 0 bridgehead atoms. The van der Waals surface area contributed by atoms with Gasteiger partial charge in [-0.2, -0.15) is 18.3 Å². The first-order valence-corrected chi connectivity index (χ1v) is 11.2. The lowest BCUT2D eigenvalue weighted by Crippen LogP contribution is -2.29. The van der Waals surface area contributed by atoms with Crippen molar-refractivity contribution < 1.29 is 22.8 Å². The summed E-state index contributed by atoms with van der Waals surface area (Å²) in [5, 5.41) is 8.92. The molecule has 1 unspecified atom stereocenters. The topological polar surface area (TPSA) is 88.9 Å². The molecule has 0 aliphatic heterocycles. The highest BCUT2D eigenvalue weighted by molar-refractivity contribution is 14.1. The highest BCUT2D eigenvalue weighted by atomic mass is 127. The molecular formula is C20H15Cl2F3IN5O2. The second-order valence-electron chi connectivity index (χ2n) is 6.82. The number of carbonyl (C=O) groups is 2. The van der Waals surface area contributed by atoms with Gasteiger partial charge >= 0.3 is 6.18 Å². The molecule has 7 nitrogen and oxygen atoms in total. The van der Waals surface area contributed by atoms with E-state index < -0.39 is 29.4 Å². The minimum absolute atomic E-state index is 0.0119. The van der Waals surface area contributed by atoms with Crippen LogP contribution in [0.4, 0.5) is 18.9 Å². The third kappa shape index (κ3) is 5.76. The number of aryl methyl sites for hydroxylation is 1. The molecule has 0 saturated heterocycles. The number of halogens is 6. The van der Waals surface area contributed by atoms with E-state index in [0.717, 1.165) is 0 Å². The molecule has 2 aromatic heterocycles. The maximum atomic E-state index is 13.4. The van der Waals surface area contributed by atoms with Gasteiger partial charge in [0.1, 0.15) is 5.69 Å². The summed E-state index contributed by atoms with van der Waals surface area (Å²) in [6.07, 6.45) is -3.52. The van der Waals surface area contributed by atoms with Crippen LogP contribution in [0, 0.1) is 6.92 Å². The van der Waals surface area contributed by atoms with Crippen molar-refractivity contribution in [2.75, 3.05) is 5.32 Å². The molecule has 174 valence electrons. The molecule has 3 aromatic rings. The van der Waals surface area contributed by atoms with Crippen LogP contribution in [-0.4, -0.2) is 30.6 Å². The van der Waals surface area contributed by atoms with E-state index >= 15 is 0 Å². The predicted molar refractivity (Wildman–Crippen MR) is 126 cm³/mol. The van der Waals surface area contributed by atoms with Crippen molar-refractivity contribution in [3.63, 3.8) is 0 Å². The largest absolute Gasteiger partial charge is 0.435 e. The Morgan fingerprint density at radius 1 is 1.18 bits per heavy atom. The second-order valence-corrected chi connectivity index (χ2v) is 9.53. The Hall–Kier alpha value is -2.38. The van der Waals surface area contributed by atoms with Crippen LogP contribution in [0.1, 0.15) is 39.0 Å². The maximum Gasteiger partial charge on any atom is 0.435 e. The average Bonchev–Trinajstić information content (AvgIpc) is 3.15. The van der Waals surface area contributed by atoms with E-state index in [9.17, 15) is 22.8 Å². The highest BCUT2D eigenvalue weighted by Gasteiger charge is 2.36. The zero-order valence-electron chi connectivity index (χ0n) is 17.0. The number of rotatable bonds is 5. The lowest BCUT2D eigenvalue weighted by atomic mass is 10.1. The first-order chi connectivity index (χ1) is 15.4. The summed E-state index contributed by atoms with van der Waals surface area (Å²) in [6, 6.07) is 6.33. The van der Waals surface area contributed by atoms with Gasteiger partial charge in [-0.15, -0.1) is 0 Å². The molecule has 0 aliphatic rings. The lowest BCUT2D eigenvalue weighted by molar-refractivity contribution is -0.141. The number of hydrogen-bond acceptors (Lipinski definition) is 4. The summed E-state index contributed by atoms with van der Waals surface area (Å²) >= 11 is 14.1. The van der Waals surface area contributed by atoms with Crippen LogP contribution in [0.5, 0.6) is 0 Å². The Bertz CT molecular complexity index is 1230. The van der Waals surface area contributed by atoms with Gasteiger partial charge in [-0.05, 0) is 43.7 Å². The molecule has 2 N–H and O–H groups in total. The van der Waals surface area contributed by atoms with Gasteiger partial charge in [0.05, 0.1) is 20.3 Å². The fourth-order valence-corrected chi connectivity index (χ4v) is 3.66. The Labute approximate surface area is 209 Å². The predicted octanol–water partition coefficient (Wildman–Crippen LogP) is 5.66. The number of nitrogens with zero attached hydrogens (tertiary/aromatic N) is 3. The summed E-state index contributed by atoms with van der Waals surface area (Å²) in [7, 11) is 0. The number of hydrogen-bond donors (Lipinski definition) is 2. The normalized spacial score (nSPS) is 12.4. The Balaban J connectivity index is 2.10. The van der Waals surface area contributed by atoms with Crippen LogP contribution in [0.15, 0.2) is 36.5 Å². The van der Waals surface area contributed by atoms with Crippen LogP contribution < -0.4 is 10.6 Å². The monoisotopic (exact) mass is 611 g/mol. The molecule has 0 radical (unpaired) electrons. The summed E-state index contributed by atoms with van der Waals surface area (Å²) in [6.45, 7) is 3.34. The fraction of sp³-hybridized carbons (Fsp3) is 0.200. The Kier molecular flexibility index (Phi) is 7.54. The van der Waals surface area contributed by atoms with Crippen molar-refractivity contribution >= 4 is 63.3 Å². The smallest absolute Gasteiger partial charge is 0.341 e. The van der Waals surface area contributed by atoms with E-state index in [1.165, 1.54) is 30.5 Å². The van der Waals surface area contributed by atoms with Crippen LogP contribution in [0.2, 0.25) is 10.0 Å². The first-order valence-electron chi connectivity index (χ1n) is 9.23. The molecule has 0 fully saturated rings. The van der Waals surface area contributed by atoms with Gasteiger partial charge in [0.15, 0.2) is 11.5 Å². The van der Waals surface area contributed by atoms with Crippen molar-refractivity contribution in [2.24, 2.45) is 0 Å². The number of pyridine rings is 1. The van der Waals surface area contributed by atoms with Crippen molar-refractivity contribution in [2.45, 2.75) is 24.1 Å². The van der Waals surface area contributed by atoms with Gasteiger partial charge in [-0.3, -0.25) is 9.59 Å². The molecule has 0 spiro atoms. The van der Waals surface area contributed by atoms with Gasteiger partial charge in [0, 0.05) is 17.3 Å². The van der Waals surface area contributed by atoms with E-state index in [4.69, 9.17) is 23.2 Å².